The molecule has 0 bridgehead atoms. The summed E-state index contributed by atoms with van der Waals surface area (Å²) in [4.78, 5) is 0. The molecule has 0 fully saturated rings. The molecule has 0 rings (SSSR count). The van der Waals surface area contributed by atoms with E-state index in [4.69, 9.17) is 5.73 Å². The van der Waals surface area contributed by atoms with E-state index >= 15 is 0 Å². The van der Waals surface area contributed by atoms with Crippen LogP contribution >= 0.6 is 0 Å². The fourth-order valence-electron chi connectivity index (χ4n) is 0.358. The van der Waals surface area contributed by atoms with Gasteiger partial charge in [-0.3, -0.25) is 5.32 Å². The molecule has 50 valence electrons. The molecule has 1 atom stereocenters. The van der Waals surface area contributed by atoms with E-state index < -0.39 is 0 Å². The van der Waals surface area contributed by atoms with Crippen LogP contribution in [0.15, 0.2) is 0 Å². The fourth-order valence-corrected chi connectivity index (χ4v) is 0.358. The Bertz CT molecular complexity index is 44.9. The van der Waals surface area contributed by atoms with Crippen LogP contribution in [0.3, 0.4) is 0 Å². The molecule has 0 aliphatic carbocycles. The molecule has 0 unspecified atom stereocenters. The summed E-state index contributed by atoms with van der Waals surface area (Å²) in [7, 11) is 0. The van der Waals surface area contributed by atoms with Gasteiger partial charge in [0, 0.05) is 6.67 Å². The zero-order chi connectivity index (χ0) is 6.41. The minimum Gasteiger partial charge on any atom is -0.316 e. The van der Waals surface area contributed by atoms with Gasteiger partial charge in [0.15, 0.2) is 0 Å². The molecule has 0 saturated carbocycles. The molecule has 0 aliphatic heterocycles. The first kappa shape index (κ1) is 7.88. The summed E-state index contributed by atoms with van der Waals surface area (Å²) >= 11 is 0. The number of nitrogens with one attached hydrogen (secondary N) is 2. The lowest BCUT2D eigenvalue weighted by molar-refractivity contribution is 0.522. The molecule has 8 heavy (non-hydrogen) atoms. The first-order chi connectivity index (χ1) is 3.77. The van der Waals surface area contributed by atoms with Crippen LogP contribution < -0.4 is 16.4 Å². The lowest BCUT2D eigenvalue weighted by Gasteiger charge is -2.06. The Kier molecular flexibility index (Phi) is 4.95. The van der Waals surface area contributed by atoms with Crippen molar-refractivity contribution in [3.05, 3.63) is 0 Å². The third-order valence-electron chi connectivity index (χ3n) is 0.799. The minimum absolute atomic E-state index is 0.0917. The average Bonchev–Trinajstić information content (AvgIpc) is 1.66. The first-order valence-corrected chi connectivity index (χ1v) is 2.97. The van der Waals surface area contributed by atoms with E-state index in [1.807, 2.05) is 6.92 Å². The Hall–Kier alpha value is -0.120. The summed E-state index contributed by atoms with van der Waals surface area (Å²) in [5.74, 6) is 0. The van der Waals surface area contributed by atoms with Gasteiger partial charge in [-0.2, -0.15) is 0 Å². The van der Waals surface area contributed by atoms with Crippen molar-refractivity contribution in [1.29, 1.82) is 0 Å². The Morgan fingerprint density at radius 3 is 2.62 bits per heavy atom. The quantitative estimate of drug-likeness (QED) is 0.342. The number of hydrogen-bond donors (Lipinski definition) is 3. The molecule has 4 N–H and O–H groups in total. The molecule has 0 radical (unpaired) electrons. The molecule has 0 heterocycles. The van der Waals surface area contributed by atoms with E-state index in [-0.39, 0.29) is 6.17 Å². The predicted molar refractivity (Wildman–Crippen MR) is 35.3 cm³/mol. The standard InChI is InChI=1S/C5H15N3/c1-3-7-4-8-5(2)6/h5,7-8H,3-4,6H2,1-2H3/t5-/m1/s1. The highest BCUT2D eigenvalue weighted by Crippen LogP contribution is 1.60. The topological polar surface area (TPSA) is 50.1 Å². The molecule has 3 heteroatoms. The Morgan fingerprint density at radius 2 is 2.25 bits per heavy atom. The summed E-state index contributed by atoms with van der Waals surface area (Å²) < 4.78 is 0. The number of nitrogens with two attached hydrogens (primary N) is 1. The van der Waals surface area contributed by atoms with Crippen molar-refractivity contribution >= 4 is 0 Å². The van der Waals surface area contributed by atoms with E-state index in [0.29, 0.717) is 0 Å². The van der Waals surface area contributed by atoms with Crippen LogP contribution in [0.2, 0.25) is 0 Å². The Balaban J connectivity index is 2.72. The molecule has 3 nitrogen and oxygen atoms in total. The summed E-state index contributed by atoms with van der Waals surface area (Å²) in [6.07, 6.45) is 0.0917. The van der Waals surface area contributed by atoms with Gasteiger partial charge in [0.25, 0.3) is 0 Å². The summed E-state index contributed by atoms with van der Waals surface area (Å²) in [5.41, 5.74) is 5.38. The maximum atomic E-state index is 5.38. The maximum absolute atomic E-state index is 5.38. The zero-order valence-electron chi connectivity index (χ0n) is 5.57. The van der Waals surface area contributed by atoms with Crippen LogP contribution in [0.5, 0.6) is 0 Å². The highest BCUT2D eigenvalue weighted by molar-refractivity contribution is 4.47. The van der Waals surface area contributed by atoms with Gasteiger partial charge in [-0.1, -0.05) is 6.92 Å². The van der Waals surface area contributed by atoms with E-state index in [2.05, 4.69) is 17.6 Å². The van der Waals surface area contributed by atoms with Crippen molar-refractivity contribution in [3.8, 4) is 0 Å². The molecule has 0 saturated heterocycles. The van der Waals surface area contributed by atoms with Gasteiger partial charge in [0.1, 0.15) is 0 Å². The molecule has 0 aromatic rings. The maximum Gasteiger partial charge on any atom is 0.0527 e. The molecule has 0 aliphatic rings. The van der Waals surface area contributed by atoms with Crippen molar-refractivity contribution in [3.63, 3.8) is 0 Å². The molecule has 0 aromatic heterocycles. The lowest BCUT2D eigenvalue weighted by Crippen LogP contribution is -2.40. The Labute approximate surface area is 50.6 Å². The monoisotopic (exact) mass is 117 g/mol. The summed E-state index contributed by atoms with van der Waals surface area (Å²) in [6, 6.07) is 0. The summed E-state index contributed by atoms with van der Waals surface area (Å²) in [5, 5.41) is 6.10. The molecular formula is C5H15N3. The second-order valence-electron chi connectivity index (χ2n) is 1.77. The minimum atomic E-state index is 0.0917. The first-order valence-electron chi connectivity index (χ1n) is 2.97. The van der Waals surface area contributed by atoms with Crippen LogP contribution in [0.1, 0.15) is 13.8 Å². The third kappa shape index (κ3) is 5.88. The number of hydrogen-bond acceptors (Lipinski definition) is 3. The van der Waals surface area contributed by atoms with Crippen molar-refractivity contribution in [2.45, 2.75) is 20.0 Å². The molecule has 0 amide bonds. The third-order valence-corrected chi connectivity index (χ3v) is 0.799. The van der Waals surface area contributed by atoms with Crippen LogP contribution in [-0.2, 0) is 0 Å². The van der Waals surface area contributed by atoms with Crippen molar-refractivity contribution < 1.29 is 0 Å². The summed E-state index contributed by atoms with van der Waals surface area (Å²) in [6.45, 7) is 5.76. The van der Waals surface area contributed by atoms with Crippen LogP contribution in [0, 0.1) is 0 Å². The Morgan fingerprint density at radius 1 is 1.62 bits per heavy atom. The van der Waals surface area contributed by atoms with E-state index in [1.54, 1.807) is 0 Å². The van der Waals surface area contributed by atoms with Gasteiger partial charge in [0.2, 0.25) is 0 Å². The smallest absolute Gasteiger partial charge is 0.0527 e. The van der Waals surface area contributed by atoms with Crippen LogP contribution in [0.4, 0.5) is 0 Å². The van der Waals surface area contributed by atoms with Crippen molar-refractivity contribution in [2.75, 3.05) is 13.2 Å². The predicted octanol–water partition coefficient (Wildman–Crippen LogP) is -0.552. The van der Waals surface area contributed by atoms with Gasteiger partial charge >= 0.3 is 0 Å². The normalized spacial score (nSPS) is 13.9. The van der Waals surface area contributed by atoms with Gasteiger partial charge in [-0.15, -0.1) is 0 Å². The largest absolute Gasteiger partial charge is 0.316 e. The molecule has 0 aromatic carbocycles. The SMILES string of the molecule is CCNCN[C@H](C)N. The van der Waals surface area contributed by atoms with Gasteiger partial charge in [0.05, 0.1) is 6.17 Å². The molecular weight excluding hydrogens is 102 g/mol. The van der Waals surface area contributed by atoms with Gasteiger partial charge in [-0.25, -0.2) is 0 Å². The average molecular weight is 117 g/mol. The van der Waals surface area contributed by atoms with Crippen LogP contribution in [-0.4, -0.2) is 19.4 Å². The fraction of sp³-hybridized carbons (Fsp3) is 1.00. The number of rotatable bonds is 4. The van der Waals surface area contributed by atoms with E-state index in [9.17, 15) is 0 Å². The van der Waals surface area contributed by atoms with Crippen LogP contribution in [0.25, 0.3) is 0 Å². The van der Waals surface area contributed by atoms with E-state index in [1.165, 1.54) is 0 Å². The highest BCUT2D eigenvalue weighted by Gasteiger charge is 1.86. The van der Waals surface area contributed by atoms with Crippen molar-refractivity contribution in [1.82, 2.24) is 10.6 Å². The zero-order valence-corrected chi connectivity index (χ0v) is 5.57. The lowest BCUT2D eigenvalue weighted by atomic mass is 10.6. The molecule has 0 spiro atoms. The van der Waals surface area contributed by atoms with E-state index in [0.717, 1.165) is 13.2 Å². The second kappa shape index (κ2) is 5.03. The van der Waals surface area contributed by atoms with Gasteiger partial charge < -0.3 is 11.1 Å². The highest BCUT2D eigenvalue weighted by atomic mass is 15.1. The van der Waals surface area contributed by atoms with Crippen molar-refractivity contribution in [2.24, 2.45) is 5.73 Å². The second-order valence-corrected chi connectivity index (χ2v) is 1.77. The van der Waals surface area contributed by atoms with Gasteiger partial charge in [-0.05, 0) is 13.5 Å².